The van der Waals surface area contributed by atoms with Crippen LogP contribution in [0.2, 0.25) is 0 Å². The van der Waals surface area contributed by atoms with Crippen molar-refractivity contribution in [3.63, 3.8) is 0 Å². The second-order valence-electron chi connectivity index (χ2n) is 6.71. The van der Waals surface area contributed by atoms with Crippen LogP contribution < -0.4 is 14.8 Å². The number of methoxy groups -OCH3 is 2. The topological polar surface area (TPSA) is 97.8 Å². The van der Waals surface area contributed by atoms with Gasteiger partial charge in [0.15, 0.2) is 16.6 Å². The molecule has 9 heteroatoms. The molecule has 0 aliphatic carbocycles. The minimum Gasteiger partial charge on any atom is -0.493 e. The van der Waals surface area contributed by atoms with Gasteiger partial charge in [-0.15, -0.1) is 11.3 Å². The van der Waals surface area contributed by atoms with E-state index >= 15 is 0 Å². The average molecular weight is 437 g/mol. The summed E-state index contributed by atoms with van der Waals surface area (Å²) in [5, 5.41) is 4.97. The number of benzene rings is 2. The fourth-order valence-electron chi connectivity index (χ4n) is 3.30. The molecular formula is C22H19N3O5S. The van der Waals surface area contributed by atoms with E-state index in [0.29, 0.717) is 33.5 Å². The molecule has 0 unspecified atom stereocenters. The van der Waals surface area contributed by atoms with Crippen molar-refractivity contribution in [3.8, 4) is 22.8 Å². The van der Waals surface area contributed by atoms with Gasteiger partial charge in [-0.1, -0.05) is 12.1 Å². The van der Waals surface area contributed by atoms with E-state index in [1.165, 1.54) is 11.3 Å². The van der Waals surface area contributed by atoms with Gasteiger partial charge in [-0.25, -0.2) is 4.98 Å². The number of carbonyl (C=O) groups is 3. The molecule has 0 saturated carbocycles. The molecule has 0 atom stereocenters. The third kappa shape index (κ3) is 3.99. The number of amides is 3. The molecule has 0 saturated heterocycles. The highest BCUT2D eigenvalue weighted by Crippen LogP contribution is 2.33. The quantitative estimate of drug-likeness (QED) is 0.569. The van der Waals surface area contributed by atoms with Gasteiger partial charge in [0.05, 0.1) is 31.0 Å². The molecule has 1 aliphatic heterocycles. The molecular weight excluding hydrogens is 418 g/mol. The summed E-state index contributed by atoms with van der Waals surface area (Å²) < 4.78 is 10.6. The van der Waals surface area contributed by atoms with Crippen LogP contribution in [0.3, 0.4) is 0 Å². The van der Waals surface area contributed by atoms with Crippen LogP contribution >= 0.6 is 11.3 Å². The molecule has 2 heterocycles. The average Bonchev–Trinajstić information content (AvgIpc) is 3.35. The first-order valence-electron chi connectivity index (χ1n) is 9.45. The highest BCUT2D eigenvalue weighted by molar-refractivity contribution is 7.14. The maximum atomic E-state index is 12.4. The Morgan fingerprint density at radius 2 is 1.71 bits per heavy atom. The molecule has 4 rings (SSSR count). The number of anilines is 1. The molecule has 0 fully saturated rings. The van der Waals surface area contributed by atoms with Crippen LogP contribution in [-0.4, -0.2) is 48.4 Å². The van der Waals surface area contributed by atoms with Gasteiger partial charge in [0.1, 0.15) is 0 Å². The summed E-state index contributed by atoms with van der Waals surface area (Å²) in [6.45, 7) is 0.00604. The largest absolute Gasteiger partial charge is 0.493 e. The van der Waals surface area contributed by atoms with Gasteiger partial charge < -0.3 is 14.8 Å². The predicted octanol–water partition coefficient (Wildman–Crippen LogP) is 3.45. The number of imide groups is 1. The number of fused-ring (bicyclic) bond motifs is 1. The molecule has 2 aromatic carbocycles. The smallest absolute Gasteiger partial charge is 0.261 e. The lowest BCUT2D eigenvalue weighted by Crippen LogP contribution is -2.32. The number of rotatable bonds is 7. The number of aromatic nitrogens is 1. The van der Waals surface area contributed by atoms with Crippen molar-refractivity contribution < 1.29 is 23.9 Å². The van der Waals surface area contributed by atoms with E-state index in [0.717, 1.165) is 10.5 Å². The SMILES string of the molecule is COc1ccc(-c2csc(NC(=O)CCN3C(=O)c4ccccc4C3=O)n2)cc1OC. The summed E-state index contributed by atoms with van der Waals surface area (Å²) in [5.74, 6) is 0.115. The van der Waals surface area contributed by atoms with Crippen molar-refractivity contribution >= 4 is 34.2 Å². The van der Waals surface area contributed by atoms with E-state index in [2.05, 4.69) is 10.3 Å². The van der Waals surface area contributed by atoms with E-state index in [9.17, 15) is 14.4 Å². The van der Waals surface area contributed by atoms with E-state index in [1.807, 2.05) is 17.5 Å². The monoisotopic (exact) mass is 437 g/mol. The Hall–Kier alpha value is -3.72. The van der Waals surface area contributed by atoms with Crippen molar-refractivity contribution in [1.29, 1.82) is 0 Å². The molecule has 0 spiro atoms. The summed E-state index contributed by atoms with van der Waals surface area (Å²) in [6, 6.07) is 12.1. The number of carbonyl (C=O) groups excluding carboxylic acids is 3. The van der Waals surface area contributed by atoms with Gasteiger partial charge in [-0.05, 0) is 30.3 Å². The summed E-state index contributed by atoms with van der Waals surface area (Å²) in [5.41, 5.74) is 2.24. The van der Waals surface area contributed by atoms with Gasteiger partial charge in [-0.3, -0.25) is 19.3 Å². The Morgan fingerprint density at radius 1 is 1.03 bits per heavy atom. The van der Waals surface area contributed by atoms with Gasteiger partial charge in [-0.2, -0.15) is 0 Å². The zero-order valence-electron chi connectivity index (χ0n) is 16.9. The Kier molecular flexibility index (Phi) is 5.68. The van der Waals surface area contributed by atoms with Crippen LogP contribution in [-0.2, 0) is 4.79 Å². The molecule has 158 valence electrons. The van der Waals surface area contributed by atoms with Crippen LogP contribution in [0.15, 0.2) is 47.8 Å². The van der Waals surface area contributed by atoms with Crippen LogP contribution in [0.25, 0.3) is 11.3 Å². The molecule has 1 N–H and O–H groups in total. The number of hydrogen-bond acceptors (Lipinski definition) is 7. The zero-order chi connectivity index (χ0) is 22.0. The van der Waals surface area contributed by atoms with Crippen molar-refractivity contribution in [2.24, 2.45) is 0 Å². The van der Waals surface area contributed by atoms with Crippen LogP contribution in [0.5, 0.6) is 11.5 Å². The Bertz CT molecular complexity index is 1140. The van der Waals surface area contributed by atoms with Gasteiger partial charge >= 0.3 is 0 Å². The van der Waals surface area contributed by atoms with Crippen LogP contribution in [0, 0.1) is 0 Å². The summed E-state index contributed by atoms with van der Waals surface area (Å²) in [6.07, 6.45) is -0.0171. The molecule has 8 nitrogen and oxygen atoms in total. The lowest BCUT2D eigenvalue weighted by atomic mass is 10.1. The molecule has 1 aliphatic rings. The Morgan fingerprint density at radius 3 is 2.35 bits per heavy atom. The molecule has 3 aromatic rings. The lowest BCUT2D eigenvalue weighted by Gasteiger charge is -2.12. The Labute approximate surface area is 182 Å². The summed E-state index contributed by atoms with van der Waals surface area (Å²) in [7, 11) is 3.12. The first-order chi connectivity index (χ1) is 15.0. The third-order valence-electron chi connectivity index (χ3n) is 4.87. The standard InChI is InChI=1S/C22H19N3O5S/c1-29-17-8-7-13(11-18(17)30-2)16-12-31-22(23-16)24-19(26)9-10-25-20(27)14-5-3-4-6-15(14)21(25)28/h3-8,11-12H,9-10H2,1-2H3,(H,23,24,26). The van der Waals surface area contributed by atoms with Gasteiger partial charge in [0, 0.05) is 23.9 Å². The highest BCUT2D eigenvalue weighted by atomic mass is 32.1. The van der Waals surface area contributed by atoms with E-state index in [-0.39, 0.29) is 30.7 Å². The normalized spacial score (nSPS) is 12.6. The fourth-order valence-corrected chi connectivity index (χ4v) is 4.03. The van der Waals surface area contributed by atoms with Crippen molar-refractivity contribution in [2.75, 3.05) is 26.1 Å². The second kappa shape index (κ2) is 8.57. The van der Waals surface area contributed by atoms with Crippen LogP contribution in [0.1, 0.15) is 27.1 Å². The number of hydrogen-bond donors (Lipinski definition) is 1. The zero-order valence-corrected chi connectivity index (χ0v) is 17.7. The maximum Gasteiger partial charge on any atom is 0.261 e. The third-order valence-corrected chi connectivity index (χ3v) is 5.63. The van der Waals surface area contributed by atoms with Crippen molar-refractivity contribution in [1.82, 2.24) is 9.88 Å². The van der Waals surface area contributed by atoms with E-state index in [4.69, 9.17) is 9.47 Å². The van der Waals surface area contributed by atoms with Gasteiger partial charge in [0.25, 0.3) is 11.8 Å². The minimum absolute atomic E-state index is 0.00604. The predicted molar refractivity (Wildman–Crippen MR) is 116 cm³/mol. The fraction of sp³-hybridized carbons (Fsp3) is 0.182. The maximum absolute atomic E-state index is 12.4. The second-order valence-corrected chi connectivity index (χ2v) is 7.57. The number of nitrogens with zero attached hydrogens (tertiary/aromatic N) is 2. The first kappa shape index (κ1) is 20.5. The number of ether oxygens (including phenoxy) is 2. The molecule has 3 amide bonds. The number of nitrogens with one attached hydrogen (secondary N) is 1. The van der Waals surface area contributed by atoms with Crippen molar-refractivity contribution in [3.05, 3.63) is 59.0 Å². The van der Waals surface area contributed by atoms with E-state index < -0.39 is 0 Å². The minimum atomic E-state index is -0.376. The molecule has 0 bridgehead atoms. The van der Waals surface area contributed by atoms with Crippen LogP contribution in [0.4, 0.5) is 5.13 Å². The lowest BCUT2D eigenvalue weighted by molar-refractivity contribution is -0.116. The van der Waals surface area contributed by atoms with E-state index in [1.54, 1.807) is 44.6 Å². The first-order valence-corrected chi connectivity index (χ1v) is 10.3. The summed E-state index contributed by atoms with van der Waals surface area (Å²) >= 11 is 1.28. The number of thiazole rings is 1. The molecule has 0 radical (unpaired) electrons. The Balaban J connectivity index is 1.38. The molecule has 31 heavy (non-hydrogen) atoms. The molecule has 1 aromatic heterocycles. The highest BCUT2D eigenvalue weighted by Gasteiger charge is 2.35. The summed E-state index contributed by atoms with van der Waals surface area (Å²) in [4.78, 5) is 42.6. The van der Waals surface area contributed by atoms with Crippen molar-refractivity contribution in [2.45, 2.75) is 6.42 Å². The van der Waals surface area contributed by atoms with Gasteiger partial charge in [0.2, 0.25) is 5.91 Å².